The van der Waals surface area contributed by atoms with Crippen molar-refractivity contribution < 1.29 is 4.74 Å². The van der Waals surface area contributed by atoms with E-state index in [-0.39, 0.29) is 11.6 Å². The lowest BCUT2D eigenvalue weighted by atomic mass is 9.92. The summed E-state index contributed by atoms with van der Waals surface area (Å²) in [4.78, 5) is 2.12. The van der Waals surface area contributed by atoms with Gasteiger partial charge in [0.2, 0.25) is 0 Å². The third kappa shape index (κ3) is 2.32. The van der Waals surface area contributed by atoms with Crippen LogP contribution in [0.5, 0.6) is 0 Å². The van der Waals surface area contributed by atoms with E-state index in [4.69, 9.17) is 4.74 Å². The Morgan fingerprint density at radius 2 is 2.08 bits per heavy atom. The summed E-state index contributed by atoms with van der Waals surface area (Å²) in [7, 11) is 5.84. The first kappa shape index (κ1) is 11.7. The molecule has 0 saturated heterocycles. The van der Waals surface area contributed by atoms with Gasteiger partial charge in [0.15, 0.2) is 0 Å². The zero-order chi connectivity index (χ0) is 9.78. The molecule has 0 aromatic carbocycles. The van der Waals surface area contributed by atoms with Crippen molar-refractivity contribution in [3.05, 3.63) is 12.7 Å². The van der Waals surface area contributed by atoms with Crippen LogP contribution in [0.2, 0.25) is 0 Å². The molecule has 0 aromatic rings. The van der Waals surface area contributed by atoms with Crippen LogP contribution in [-0.2, 0) is 4.74 Å². The zero-order valence-electron chi connectivity index (χ0n) is 8.92. The summed E-state index contributed by atoms with van der Waals surface area (Å²) in [6.45, 7) is 8.06. The van der Waals surface area contributed by atoms with Gasteiger partial charge in [-0.2, -0.15) is 0 Å². The molecule has 0 aromatic heterocycles. The van der Waals surface area contributed by atoms with Crippen molar-refractivity contribution in [2.45, 2.75) is 31.9 Å². The molecule has 0 amide bonds. The molecule has 0 saturated carbocycles. The molecule has 12 heavy (non-hydrogen) atoms. The van der Waals surface area contributed by atoms with Crippen molar-refractivity contribution in [2.75, 3.05) is 21.2 Å². The maximum atomic E-state index is 5.49. The quantitative estimate of drug-likeness (QED) is 0.586. The number of rotatable bonds is 5. The summed E-state index contributed by atoms with van der Waals surface area (Å²) in [5.74, 6) is 0. The summed E-state index contributed by atoms with van der Waals surface area (Å²) < 4.78 is 5.49. The molecule has 2 nitrogen and oxygen atoms in total. The minimum atomic E-state index is -0.120. The Kier molecular flexibility index (Phi) is 4.50. The van der Waals surface area contributed by atoms with Gasteiger partial charge in [-0.3, -0.25) is 0 Å². The zero-order valence-corrected chi connectivity index (χ0v) is 8.92. The fourth-order valence-corrected chi connectivity index (χ4v) is 1.48. The van der Waals surface area contributed by atoms with Gasteiger partial charge in [-0.05, 0) is 27.4 Å². The van der Waals surface area contributed by atoms with Crippen LogP contribution in [0.3, 0.4) is 0 Å². The Morgan fingerprint density at radius 1 is 1.58 bits per heavy atom. The Balaban J connectivity index is 4.54. The van der Waals surface area contributed by atoms with Crippen LogP contribution < -0.4 is 0 Å². The Hall–Kier alpha value is -0.340. The van der Waals surface area contributed by atoms with Gasteiger partial charge in [-0.1, -0.05) is 13.0 Å². The summed E-state index contributed by atoms with van der Waals surface area (Å²) >= 11 is 0. The molecule has 0 spiro atoms. The smallest absolute Gasteiger partial charge is 0.0837 e. The highest BCUT2D eigenvalue weighted by Gasteiger charge is 2.31. The maximum Gasteiger partial charge on any atom is 0.0837 e. The highest BCUT2D eigenvalue weighted by molar-refractivity contribution is 4.99. The lowest BCUT2D eigenvalue weighted by Gasteiger charge is -2.37. The summed E-state index contributed by atoms with van der Waals surface area (Å²) in [6.07, 6.45) is 2.92. The SMILES string of the molecule is C=CC(N(C)C)C(C)(CC)OC. The largest absolute Gasteiger partial charge is 0.377 e. The topological polar surface area (TPSA) is 12.5 Å². The molecule has 0 radical (unpaired) electrons. The van der Waals surface area contributed by atoms with Crippen LogP contribution in [0.1, 0.15) is 20.3 Å². The van der Waals surface area contributed by atoms with Crippen molar-refractivity contribution in [2.24, 2.45) is 0 Å². The first-order valence-electron chi connectivity index (χ1n) is 4.36. The number of nitrogens with zero attached hydrogens (tertiary/aromatic N) is 1. The minimum Gasteiger partial charge on any atom is -0.377 e. The van der Waals surface area contributed by atoms with Crippen LogP contribution in [0, 0.1) is 0 Å². The van der Waals surface area contributed by atoms with E-state index in [1.165, 1.54) is 0 Å². The highest BCUT2D eigenvalue weighted by atomic mass is 16.5. The molecule has 2 atom stereocenters. The molecular formula is C10H21NO. The van der Waals surface area contributed by atoms with E-state index in [1.54, 1.807) is 7.11 Å². The fourth-order valence-electron chi connectivity index (χ4n) is 1.48. The molecule has 72 valence electrons. The van der Waals surface area contributed by atoms with Gasteiger partial charge in [0, 0.05) is 7.11 Å². The first-order chi connectivity index (χ1) is 5.51. The molecule has 2 unspecified atom stereocenters. The third-order valence-corrected chi connectivity index (χ3v) is 2.57. The lowest BCUT2D eigenvalue weighted by molar-refractivity contribution is -0.0411. The second kappa shape index (κ2) is 4.63. The number of methoxy groups -OCH3 is 1. The molecule has 0 heterocycles. The summed E-state index contributed by atoms with van der Waals surface area (Å²) in [6, 6.07) is 0.271. The second-order valence-corrected chi connectivity index (χ2v) is 3.51. The van der Waals surface area contributed by atoms with Crippen molar-refractivity contribution in [1.29, 1.82) is 0 Å². The van der Waals surface area contributed by atoms with E-state index < -0.39 is 0 Å². The van der Waals surface area contributed by atoms with E-state index in [1.807, 2.05) is 20.2 Å². The van der Waals surface area contributed by atoms with E-state index in [9.17, 15) is 0 Å². The van der Waals surface area contributed by atoms with E-state index in [2.05, 4.69) is 25.3 Å². The molecule has 0 aliphatic carbocycles. The minimum absolute atomic E-state index is 0.120. The van der Waals surface area contributed by atoms with E-state index >= 15 is 0 Å². The predicted octanol–water partition coefficient (Wildman–Crippen LogP) is 1.92. The molecule has 0 aliphatic heterocycles. The Bertz CT molecular complexity index is 139. The molecular weight excluding hydrogens is 150 g/mol. The second-order valence-electron chi connectivity index (χ2n) is 3.51. The molecule has 2 heteroatoms. The van der Waals surface area contributed by atoms with Crippen LogP contribution in [0.4, 0.5) is 0 Å². The molecule has 0 bridgehead atoms. The predicted molar refractivity (Wildman–Crippen MR) is 53.4 cm³/mol. The third-order valence-electron chi connectivity index (χ3n) is 2.57. The van der Waals surface area contributed by atoms with Gasteiger partial charge in [0.25, 0.3) is 0 Å². The van der Waals surface area contributed by atoms with Crippen LogP contribution in [0.25, 0.3) is 0 Å². The highest BCUT2D eigenvalue weighted by Crippen LogP contribution is 2.22. The number of likely N-dealkylation sites (N-methyl/N-ethyl adjacent to an activating group) is 1. The van der Waals surface area contributed by atoms with Gasteiger partial charge >= 0.3 is 0 Å². The standard InChI is InChI=1S/C10H21NO/c1-7-9(11(4)5)10(3,8-2)12-6/h7,9H,1,8H2,2-6H3. The molecule has 0 rings (SSSR count). The number of hydrogen-bond acceptors (Lipinski definition) is 2. The van der Waals surface area contributed by atoms with Crippen LogP contribution >= 0.6 is 0 Å². The average molecular weight is 171 g/mol. The van der Waals surface area contributed by atoms with Crippen molar-refractivity contribution in [3.8, 4) is 0 Å². The van der Waals surface area contributed by atoms with E-state index in [0.29, 0.717) is 0 Å². The van der Waals surface area contributed by atoms with Crippen LogP contribution in [-0.4, -0.2) is 37.7 Å². The number of hydrogen-bond donors (Lipinski definition) is 0. The van der Waals surface area contributed by atoms with Gasteiger partial charge in [-0.15, -0.1) is 6.58 Å². The van der Waals surface area contributed by atoms with Crippen LogP contribution in [0.15, 0.2) is 12.7 Å². The lowest BCUT2D eigenvalue weighted by Crippen LogP contribution is -2.47. The van der Waals surface area contributed by atoms with E-state index in [0.717, 1.165) is 6.42 Å². The fraction of sp³-hybridized carbons (Fsp3) is 0.800. The molecule has 0 fully saturated rings. The maximum absolute atomic E-state index is 5.49. The van der Waals surface area contributed by atoms with Crippen molar-refractivity contribution in [1.82, 2.24) is 4.90 Å². The Labute approximate surface area is 76.2 Å². The molecule has 0 N–H and O–H groups in total. The Morgan fingerprint density at radius 3 is 2.17 bits per heavy atom. The average Bonchev–Trinajstić information content (AvgIpc) is 2.04. The normalized spacial score (nSPS) is 18.8. The van der Waals surface area contributed by atoms with Gasteiger partial charge in [0.1, 0.15) is 0 Å². The van der Waals surface area contributed by atoms with Gasteiger partial charge in [-0.25, -0.2) is 0 Å². The summed E-state index contributed by atoms with van der Waals surface area (Å²) in [5, 5.41) is 0. The monoisotopic (exact) mass is 171 g/mol. The van der Waals surface area contributed by atoms with Gasteiger partial charge in [0.05, 0.1) is 11.6 Å². The van der Waals surface area contributed by atoms with Gasteiger partial charge < -0.3 is 9.64 Å². The molecule has 0 aliphatic rings. The van der Waals surface area contributed by atoms with Crippen molar-refractivity contribution >= 4 is 0 Å². The number of ether oxygens (including phenoxy) is 1. The van der Waals surface area contributed by atoms with Crippen molar-refractivity contribution in [3.63, 3.8) is 0 Å². The first-order valence-corrected chi connectivity index (χ1v) is 4.36. The summed E-state index contributed by atoms with van der Waals surface area (Å²) in [5.41, 5.74) is -0.120.